The summed E-state index contributed by atoms with van der Waals surface area (Å²) in [6.07, 6.45) is 1.58. The second kappa shape index (κ2) is 9.59. The number of fused-ring (bicyclic) bond motifs is 1. The van der Waals surface area contributed by atoms with Crippen molar-refractivity contribution in [2.75, 3.05) is 24.5 Å². The van der Waals surface area contributed by atoms with Gasteiger partial charge in [0.05, 0.1) is 17.6 Å². The Morgan fingerprint density at radius 1 is 1.24 bits per heavy atom. The maximum atomic E-state index is 14.6. The Balaban J connectivity index is 1.56. The SMILES string of the molecule is CC(C)(C)OC(=O)NCC1CCCN(c2nc3ccccc3n2Cc2c(F)cccc2Cl)C1. The molecule has 2 heterocycles. The Morgan fingerprint density at radius 2 is 2.03 bits per heavy atom. The molecule has 2 aromatic carbocycles. The number of carbonyl (C=O) groups is 1. The van der Waals surface area contributed by atoms with Crippen LogP contribution in [0.3, 0.4) is 0 Å². The van der Waals surface area contributed by atoms with Gasteiger partial charge in [-0.3, -0.25) is 0 Å². The van der Waals surface area contributed by atoms with Crippen LogP contribution >= 0.6 is 11.6 Å². The van der Waals surface area contributed by atoms with Crippen LogP contribution < -0.4 is 10.2 Å². The largest absolute Gasteiger partial charge is 0.444 e. The first kappa shape index (κ1) is 23.4. The van der Waals surface area contributed by atoms with Crippen molar-refractivity contribution in [1.29, 1.82) is 0 Å². The van der Waals surface area contributed by atoms with Gasteiger partial charge in [-0.1, -0.05) is 29.8 Å². The highest BCUT2D eigenvalue weighted by atomic mass is 35.5. The molecule has 33 heavy (non-hydrogen) atoms. The third-order valence-corrected chi connectivity index (χ3v) is 6.10. The summed E-state index contributed by atoms with van der Waals surface area (Å²) in [5.74, 6) is 0.721. The van der Waals surface area contributed by atoms with E-state index in [-0.39, 0.29) is 11.7 Å². The summed E-state index contributed by atoms with van der Waals surface area (Å²) >= 11 is 6.34. The standard InChI is InChI=1S/C25H30ClFN4O2/c1-25(2,3)33-24(32)28-14-17-8-7-13-30(15-17)23-29-21-11-4-5-12-22(21)31(23)16-18-19(26)9-6-10-20(18)27/h4-6,9-12,17H,7-8,13-16H2,1-3H3,(H,28,32). The van der Waals surface area contributed by atoms with Crippen molar-refractivity contribution in [3.05, 3.63) is 58.9 Å². The summed E-state index contributed by atoms with van der Waals surface area (Å²) in [5, 5.41) is 3.29. The molecule has 176 valence electrons. The van der Waals surface area contributed by atoms with Gasteiger partial charge >= 0.3 is 6.09 Å². The summed E-state index contributed by atoms with van der Waals surface area (Å²) in [4.78, 5) is 19.2. The molecule has 0 bridgehead atoms. The van der Waals surface area contributed by atoms with Crippen molar-refractivity contribution in [3.63, 3.8) is 0 Å². The minimum atomic E-state index is -0.526. The number of halogens is 2. The van der Waals surface area contributed by atoms with E-state index in [9.17, 15) is 9.18 Å². The van der Waals surface area contributed by atoms with E-state index in [1.807, 2.05) is 49.6 Å². The molecule has 0 saturated carbocycles. The van der Waals surface area contributed by atoms with Crippen LogP contribution in [0.15, 0.2) is 42.5 Å². The first-order valence-corrected chi connectivity index (χ1v) is 11.7. The van der Waals surface area contributed by atoms with Gasteiger partial charge in [-0.2, -0.15) is 0 Å². The predicted octanol–water partition coefficient (Wildman–Crippen LogP) is 5.62. The Kier molecular flexibility index (Phi) is 6.79. The Bertz CT molecular complexity index is 1120. The Morgan fingerprint density at radius 3 is 2.79 bits per heavy atom. The molecule has 1 aromatic heterocycles. The number of nitrogens with one attached hydrogen (secondary N) is 1. The number of ether oxygens (including phenoxy) is 1. The van der Waals surface area contributed by atoms with Crippen molar-refractivity contribution in [3.8, 4) is 0 Å². The van der Waals surface area contributed by atoms with Gasteiger partial charge in [-0.25, -0.2) is 14.2 Å². The van der Waals surface area contributed by atoms with Crippen LogP contribution in [-0.2, 0) is 11.3 Å². The first-order valence-electron chi connectivity index (χ1n) is 11.3. The fraction of sp³-hybridized carbons (Fsp3) is 0.440. The van der Waals surface area contributed by atoms with E-state index < -0.39 is 11.7 Å². The predicted molar refractivity (Wildman–Crippen MR) is 129 cm³/mol. The lowest BCUT2D eigenvalue weighted by atomic mass is 9.98. The number of nitrogens with zero attached hydrogens (tertiary/aromatic N) is 3. The van der Waals surface area contributed by atoms with Crippen LogP contribution in [0.2, 0.25) is 5.02 Å². The summed E-state index contributed by atoms with van der Waals surface area (Å²) in [7, 11) is 0. The molecule has 0 aliphatic carbocycles. The summed E-state index contributed by atoms with van der Waals surface area (Å²) < 4.78 is 22.0. The van der Waals surface area contributed by atoms with Gasteiger partial charge in [-0.05, 0) is 63.8 Å². The lowest BCUT2D eigenvalue weighted by Gasteiger charge is -2.34. The van der Waals surface area contributed by atoms with E-state index in [4.69, 9.17) is 21.3 Å². The van der Waals surface area contributed by atoms with E-state index in [1.165, 1.54) is 6.07 Å². The molecule has 1 amide bonds. The second-order valence-corrected chi connectivity index (χ2v) is 9.93. The van der Waals surface area contributed by atoms with E-state index in [0.29, 0.717) is 23.7 Å². The van der Waals surface area contributed by atoms with Gasteiger partial charge in [-0.15, -0.1) is 0 Å². The number of hydrogen-bond acceptors (Lipinski definition) is 4. The number of amides is 1. The zero-order chi connectivity index (χ0) is 23.6. The van der Waals surface area contributed by atoms with Crippen LogP contribution in [0.5, 0.6) is 0 Å². The topological polar surface area (TPSA) is 59.4 Å². The maximum Gasteiger partial charge on any atom is 0.407 e. The summed E-state index contributed by atoms with van der Waals surface area (Å²) in [5.41, 5.74) is 1.71. The second-order valence-electron chi connectivity index (χ2n) is 9.52. The van der Waals surface area contributed by atoms with E-state index >= 15 is 0 Å². The average Bonchev–Trinajstić information content (AvgIpc) is 3.12. The molecule has 1 aliphatic rings. The van der Waals surface area contributed by atoms with Gasteiger partial charge in [0, 0.05) is 30.2 Å². The van der Waals surface area contributed by atoms with Crippen LogP contribution in [0, 0.1) is 11.7 Å². The third kappa shape index (κ3) is 5.58. The first-order chi connectivity index (χ1) is 15.7. The number of benzene rings is 2. The number of piperidine rings is 1. The number of para-hydroxylation sites is 2. The molecular formula is C25H30ClFN4O2. The monoisotopic (exact) mass is 472 g/mol. The lowest BCUT2D eigenvalue weighted by Crippen LogP contribution is -2.43. The molecule has 0 spiro atoms. The molecule has 3 aromatic rings. The Labute approximate surface area is 198 Å². The lowest BCUT2D eigenvalue weighted by molar-refractivity contribution is 0.0517. The number of imidazole rings is 1. The maximum absolute atomic E-state index is 14.6. The van der Waals surface area contributed by atoms with E-state index in [2.05, 4.69) is 10.2 Å². The molecule has 6 nitrogen and oxygen atoms in total. The molecule has 4 rings (SSSR count). The highest BCUT2D eigenvalue weighted by Gasteiger charge is 2.26. The van der Waals surface area contributed by atoms with Gasteiger partial charge in [0.1, 0.15) is 11.4 Å². The van der Waals surface area contributed by atoms with Gasteiger partial charge in [0.25, 0.3) is 0 Å². The molecule has 1 saturated heterocycles. The van der Waals surface area contributed by atoms with Crippen molar-refractivity contribution in [2.24, 2.45) is 5.92 Å². The van der Waals surface area contributed by atoms with Crippen LogP contribution in [0.25, 0.3) is 11.0 Å². The number of alkyl carbamates (subject to hydrolysis) is 1. The Hall–Kier alpha value is -2.80. The minimum absolute atomic E-state index is 0.261. The quantitative estimate of drug-likeness (QED) is 0.523. The van der Waals surface area contributed by atoms with Crippen LogP contribution in [-0.4, -0.2) is 40.9 Å². The highest BCUT2D eigenvalue weighted by molar-refractivity contribution is 6.31. The number of aromatic nitrogens is 2. The molecule has 1 unspecified atom stereocenters. The summed E-state index contributed by atoms with van der Waals surface area (Å²) in [6.45, 7) is 7.95. The van der Waals surface area contributed by atoms with Gasteiger partial charge in [0.2, 0.25) is 5.95 Å². The molecule has 8 heteroatoms. The molecular weight excluding hydrogens is 443 g/mol. The number of carbonyl (C=O) groups excluding carboxylic acids is 1. The molecule has 1 N–H and O–H groups in total. The average molecular weight is 473 g/mol. The number of anilines is 1. The van der Waals surface area contributed by atoms with E-state index in [0.717, 1.165) is 42.9 Å². The number of rotatable bonds is 5. The normalized spacial score (nSPS) is 16.8. The van der Waals surface area contributed by atoms with Crippen molar-refractivity contribution in [1.82, 2.24) is 14.9 Å². The summed E-state index contributed by atoms with van der Waals surface area (Å²) in [6, 6.07) is 12.6. The van der Waals surface area contributed by atoms with Crippen LogP contribution in [0.1, 0.15) is 39.2 Å². The van der Waals surface area contributed by atoms with Gasteiger partial charge < -0.3 is 19.5 Å². The van der Waals surface area contributed by atoms with Crippen molar-refractivity contribution < 1.29 is 13.9 Å². The molecule has 1 aliphatic heterocycles. The smallest absolute Gasteiger partial charge is 0.407 e. The zero-order valence-corrected chi connectivity index (χ0v) is 20.0. The zero-order valence-electron chi connectivity index (χ0n) is 19.3. The third-order valence-electron chi connectivity index (χ3n) is 5.75. The highest BCUT2D eigenvalue weighted by Crippen LogP contribution is 2.30. The molecule has 1 fully saturated rings. The van der Waals surface area contributed by atoms with E-state index in [1.54, 1.807) is 12.1 Å². The molecule has 1 atom stereocenters. The fourth-order valence-corrected chi connectivity index (χ4v) is 4.48. The van der Waals surface area contributed by atoms with Crippen molar-refractivity contribution >= 4 is 34.7 Å². The number of hydrogen-bond donors (Lipinski definition) is 1. The fourth-order valence-electron chi connectivity index (χ4n) is 4.26. The van der Waals surface area contributed by atoms with Gasteiger partial charge in [0.15, 0.2) is 0 Å². The van der Waals surface area contributed by atoms with Crippen LogP contribution in [0.4, 0.5) is 15.1 Å². The van der Waals surface area contributed by atoms with Crippen molar-refractivity contribution in [2.45, 2.75) is 45.8 Å². The minimum Gasteiger partial charge on any atom is -0.444 e. The molecule has 0 radical (unpaired) electrons.